The number of ether oxygens (including phenoxy) is 3. The molecule has 0 amide bonds. The van der Waals surface area contributed by atoms with Gasteiger partial charge >= 0.3 is 0 Å². The van der Waals surface area contributed by atoms with Gasteiger partial charge in [0.15, 0.2) is 11.5 Å². The van der Waals surface area contributed by atoms with E-state index in [1.165, 1.54) is 38.5 Å². The van der Waals surface area contributed by atoms with Crippen molar-refractivity contribution in [2.24, 2.45) is 11.8 Å². The van der Waals surface area contributed by atoms with Crippen molar-refractivity contribution in [1.82, 2.24) is 0 Å². The minimum atomic E-state index is 0.600. The van der Waals surface area contributed by atoms with Crippen molar-refractivity contribution in [3.8, 4) is 17.2 Å². The summed E-state index contributed by atoms with van der Waals surface area (Å²) in [6, 6.07) is 5.95. The molecule has 1 rings (SSSR count). The second kappa shape index (κ2) is 13.8. The van der Waals surface area contributed by atoms with Gasteiger partial charge in [0.05, 0.1) is 20.3 Å². The molecule has 0 aliphatic heterocycles. The van der Waals surface area contributed by atoms with Crippen molar-refractivity contribution < 1.29 is 14.2 Å². The lowest BCUT2D eigenvalue weighted by Crippen LogP contribution is -2.13. The summed E-state index contributed by atoms with van der Waals surface area (Å²) in [5, 5.41) is 0. The Hall–Kier alpha value is -1.38. The molecule has 150 valence electrons. The molecule has 2 atom stereocenters. The molecular weight excluding hydrogens is 324 g/mol. The van der Waals surface area contributed by atoms with Crippen LogP contribution in [0.25, 0.3) is 0 Å². The zero-order valence-corrected chi connectivity index (χ0v) is 17.7. The topological polar surface area (TPSA) is 27.7 Å². The number of rotatable bonds is 15. The highest BCUT2D eigenvalue weighted by molar-refractivity contribution is 5.51. The highest BCUT2D eigenvalue weighted by Gasteiger charge is 2.15. The first-order chi connectivity index (χ1) is 12.7. The van der Waals surface area contributed by atoms with Crippen LogP contribution in [0.5, 0.6) is 17.2 Å². The van der Waals surface area contributed by atoms with Crippen molar-refractivity contribution in [2.75, 3.05) is 20.3 Å². The molecule has 0 radical (unpaired) electrons. The average molecular weight is 365 g/mol. The summed E-state index contributed by atoms with van der Waals surface area (Å²) in [6.07, 6.45) is 9.74. The molecule has 0 saturated carbocycles. The van der Waals surface area contributed by atoms with E-state index in [-0.39, 0.29) is 0 Å². The highest BCUT2D eigenvalue weighted by Crippen LogP contribution is 2.37. The molecule has 3 heteroatoms. The Morgan fingerprint density at radius 2 is 1.23 bits per heavy atom. The van der Waals surface area contributed by atoms with Crippen molar-refractivity contribution in [1.29, 1.82) is 0 Å². The Labute approximate surface area is 161 Å². The van der Waals surface area contributed by atoms with Crippen LogP contribution in [0.3, 0.4) is 0 Å². The smallest absolute Gasteiger partial charge is 0.203 e. The van der Waals surface area contributed by atoms with E-state index in [1.54, 1.807) is 7.11 Å². The van der Waals surface area contributed by atoms with Crippen LogP contribution in [-0.2, 0) is 0 Å². The minimum absolute atomic E-state index is 0.600. The second-order valence-electron chi connectivity index (χ2n) is 7.24. The zero-order valence-electron chi connectivity index (χ0n) is 17.7. The van der Waals surface area contributed by atoms with Crippen LogP contribution in [0, 0.1) is 11.8 Å². The Morgan fingerprint density at radius 1 is 0.769 bits per heavy atom. The molecule has 0 heterocycles. The maximum Gasteiger partial charge on any atom is 0.203 e. The summed E-state index contributed by atoms with van der Waals surface area (Å²) >= 11 is 0. The van der Waals surface area contributed by atoms with Crippen LogP contribution in [0.4, 0.5) is 0 Å². The van der Waals surface area contributed by atoms with Crippen molar-refractivity contribution in [3.05, 3.63) is 18.2 Å². The standard InChI is InChI=1S/C23H40O3/c1-6-10-13-19(8-3)17-25-21-15-12-16-22(23(21)24-5)26-18-20(9-4)14-11-7-2/h12,15-16,19-20H,6-11,13-14,17-18H2,1-5H3. The van der Waals surface area contributed by atoms with Gasteiger partial charge in [0.25, 0.3) is 0 Å². The molecule has 0 aliphatic carbocycles. The normalized spacial score (nSPS) is 13.3. The zero-order chi connectivity index (χ0) is 19.2. The summed E-state index contributed by atoms with van der Waals surface area (Å²) in [6.45, 7) is 10.4. The van der Waals surface area contributed by atoms with Crippen LogP contribution >= 0.6 is 0 Å². The number of para-hydroxylation sites is 1. The van der Waals surface area contributed by atoms with E-state index < -0.39 is 0 Å². The Bertz CT molecular complexity index is 434. The van der Waals surface area contributed by atoms with Gasteiger partial charge < -0.3 is 14.2 Å². The van der Waals surface area contributed by atoms with Gasteiger partial charge in [-0.15, -0.1) is 0 Å². The lowest BCUT2D eigenvalue weighted by atomic mass is 10.0. The first-order valence-corrected chi connectivity index (χ1v) is 10.6. The Kier molecular flexibility index (Phi) is 12.0. The number of unbranched alkanes of at least 4 members (excludes halogenated alkanes) is 2. The van der Waals surface area contributed by atoms with Crippen molar-refractivity contribution >= 4 is 0 Å². The quantitative estimate of drug-likeness (QED) is 0.339. The molecule has 0 aliphatic rings. The van der Waals surface area contributed by atoms with E-state index in [0.717, 1.165) is 43.3 Å². The first kappa shape index (κ1) is 22.7. The summed E-state index contributed by atoms with van der Waals surface area (Å²) in [4.78, 5) is 0. The molecule has 0 saturated heterocycles. The molecule has 2 unspecified atom stereocenters. The van der Waals surface area contributed by atoms with Crippen LogP contribution in [0.1, 0.15) is 79.1 Å². The maximum absolute atomic E-state index is 6.11. The van der Waals surface area contributed by atoms with E-state index in [4.69, 9.17) is 14.2 Å². The molecule has 1 aromatic carbocycles. The third kappa shape index (κ3) is 7.88. The van der Waals surface area contributed by atoms with Crippen LogP contribution < -0.4 is 14.2 Å². The maximum atomic E-state index is 6.11. The van der Waals surface area contributed by atoms with Gasteiger partial charge in [-0.2, -0.15) is 0 Å². The average Bonchev–Trinajstić information content (AvgIpc) is 2.68. The lowest BCUT2D eigenvalue weighted by molar-refractivity contribution is 0.207. The second-order valence-corrected chi connectivity index (χ2v) is 7.24. The Morgan fingerprint density at radius 3 is 1.58 bits per heavy atom. The van der Waals surface area contributed by atoms with E-state index in [9.17, 15) is 0 Å². The minimum Gasteiger partial charge on any atom is -0.490 e. The molecule has 1 aromatic rings. The molecule has 0 aromatic heterocycles. The van der Waals surface area contributed by atoms with Crippen LogP contribution in [-0.4, -0.2) is 20.3 Å². The fraction of sp³-hybridized carbons (Fsp3) is 0.739. The van der Waals surface area contributed by atoms with E-state index in [2.05, 4.69) is 27.7 Å². The number of methoxy groups -OCH3 is 1. The summed E-state index contributed by atoms with van der Waals surface area (Å²) in [5.74, 6) is 3.51. The van der Waals surface area contributed by atoms with E-state index in [0.29, 0.717) is 11.8 Å². The molecule has 0 bridgehead atoms. The van der Waals surface area contributed by atoms with Crippen molar-refractivity contribution in [2.45, 2.75) is 79.1 Å². The van der Waals surface area contributed by atoms with Gasteiger partial charge in [0.1, 0.15) is 0 Å². The largest absolute Gasteiger partial charge is 0.490 e. The SMILES string of the molecule is CCCCC(CC)COc1cccc(OCC(CC)CCCC)c1OC. The predicted octanol–water partition coefficient (Wildman–Crippen LogP) is 6.89. The molecular formula is C23H40O3. The summed E-state index contributed by atoms with van der Waals surface area (Å²) in [7, 11) is 1.69. The summed E-state index contributed by atoms with van der Waals surface area (Å²) in [5.41, 5.74) is 0. The van der Waals surface area contributed by atoms with E-state index >= 15 is 0 Å². The fourth-order valence-electron chi connectivity index (χ4n) is 3.14. The van der Waals surface area contributed by atoms with Gasteiger partial charge in [-0.3, -0.25) is 0 Å². The molecule has 26 heavy (non-hydrogen) atoms. The van der Waals surface area contributed by atoms with E-state index in [1.807, 2.05) is 18.2 Å². The number of hydrogen-bond acceptors (Lipinski definition) is 3. The van der Waals surface area contributed by atoms with Gasteiger partial charge in [-0.25, -0.2) is 0 Å². The third-order valence-corrected chi connectivity index (χ3v) is 5.18. The molecule has 0 spiro atoms. The van der Waals surface area contributed by atoms with Crippen molar-refractivity contribution in [3.63, 3.8) is 0 Å². The Balaban J connectivity index is 2.69. The molecule has 3 nitrogen and oxygen atoms in total. The fourth-order valence-corrected chi connectivity index (χ4v) is 3.14. The van der Waals surface area contributed by atoms with Crippen LogP contribution in [0.2, 0.25) is 0 Å². The molecule has 0 N–H and O–H groups in total. The third-order valence-electron chi connectivity index (χ3n) is 5.18. The molecule has 0 fully saturated rings. The van der Waals surface area contributed by atoms with Gasteiger partial charge in [-0.1, -0.05) is 72.3 Å². The lowest BCUT2D eigenvalue weighted by Gasteiger charge is -2.20. The van der Waals surface area contributed by atoms with Gasteiger partial charge in [0.2, 0.25) is 5.75 Å². The van der Waals surface area contributed by atoms with Gasteiger partial charge in [0, 0.05) is 0 Å². The number of hydrogen-bond donors (Lipinski definition) is 0. The number of benzene rings is 1. The highest BCUT2D eigenvalue weighted by atomic mass is 16.5. The van der Waals surface area contributed by atoms with Crippen LogP contribution in [0.15, 0.2) is 18.2 Å². The van der Waals surface area contributed by atoms with Gasteiger partial charge in [-0.05, 0) is 36.8 Å². The predicted molar refractivity (Wildman–Crippen MR) is 111 cm³/mol. The first-order valence-electron chi connectivity index (χ1n) is 10.6. The summed E-state index contributed by atoms with van der Waals surface area (Å²) < 4.78 is 17.8. The monoisotopic (exact) mass is 364 g/mol.